The molecule has 9 heavy (non-hydrogen) atoms. The maximum absolute atomic E-state index is 9.01. The Labute approximate surface area is 58.2 Å². The van der Waals surface area contributed by atoms with Crippen molar-refractivity contribution in [3.63, 3.8) is 0 Å². The summed E-state index contributed by atoms with van der Waals surface area (Å²) < 4.78 is 0. The van der Waals surface area contributed by atoms with Crippen LogP contribution in [0.25, 0.3) is 0 Å². The smallest absolute Gasteiger partial charge is 0.0897 e. The fraction of sp³-hybridized carbons (Fsp3) is 0.500. The lowest BCUT2D eigenvalue weighted by atomic mass is 10.4. The van der Waals surface area contributed by atoms with E-state index >= 15 is 0 Å². The summed E-state index contributed by atoms with van der Waals surface area (Å²) >= 11 is 1.53. The van der Waals surface area contributed by atoms with Gasteiger partial charge in [0, 0.05) is 6.20 Å². The quantitative estimate of drug-likeness (QED) is 0.646. The molecule has 0 aliphatic heterocycles. The first-order valence-electron chi connectivity index (χ1n) is 2.80. The first kappa shape index (κ1) is 6.71. The van der Waals surface area contributed by atoms with E-state index in [2.05, 4.69) is 4.98 Å². The van der Waals surface area contributed by atoms with Crippen molar-refractivity contribution in [2.24, 2.45) is 0 Å². The van der Waals surface area contributed by atoms with Crippen LogP contribution in [-0.2, 0) is 0 Å². The van der Waals surface area contributed by atoms with Gasteiger partial charge in [-0.15, -0.1) is 11.3 Å². The van der Waals surface area contributed by atoms with Gasteiger partial charge in [-0.2, -0.15) is 0 Å². The highest BCUT2D eigenvalue weighted by atomic mass is 32.1. The van der Waals surface area contributed by atoms with Crippen LogP contribution in [-0.4, -0.2) is 10.1 Å². The number of aliphatic hydroxyl groups excluding tert-OH is 1. The van der Waals surface area contributed by atoms with Crippen molar-refractivity contribution in [2.45, 2.75) is 20.0 Å². The number of rotatable bonds is 1. The molecule has 1 N–H and O–H groups in total. The van der Waals surface area contributed by atoms with E-state index in [1.807, 2.05) is 6.92 Å². The highest BCUT2D eigenvalue weighted by Gasteiger charge is 2.02. The standard InChI is InChI=1S/C6H9NOS/c1-4(8)6-3-7-5(2)9-6/h3-4,8H,1-2H3. The summed E-state index contributed by atoms with van der Waals surface area (Å²) in [4.78, 5) is 4.93. The number of aromatic nitrogens is 1. The molecule has 2 nitrogen and oxygen atoms in total. The first-order valence-corrected chi connectivity index (χ1v) is 3.62. The summed E-state index contributed by atoms with van der Waals surface area (Å²) in [5.41, 5.74) is 0. The number of nitrogens with zero attached hydrogens (tertiary/aromatic N) is 1. The molecule has 0 radical (unpaired) electrons. The maximum Gasteiger partial charge on any atom is 0.0897 e. The van der Waals surface area contributed by atoms with Crippen molar-refractivity contribution in [1.82, 2.24) is 4.98 Å². The van der Waals surface area contributed by atoms with Gasteiger partial charge in [-0.3, -0.25) is 0 Å². The molecule has 0 aliphatic rings. The maximum atomic E-state index is 9.01. The van der Waals surface area contributed by atoms with Crippen LogP contribution in [0.3, 0.4) is 0 Å². The summed E-state index contributed by atoms with van der Waals surface area (Å²) in [6.07, 6.45) is 1.35. The zero-order valence-corrected chi connectivity index (χ0v) is 6.27. The van der Waals surface area contributed by atoms with Crippen molar-refractivity contribution in [1.29, 1.82) is 0 Å². The monoisotopic (exact) mass is 143 g/mol. The minimum atomic E-state index is -0.365. The van der Waals surface area contributed by atoms with Crippen LogP contribution in [0, 0.1) is 6.92 Å². The molecular formula is C6H9NOS. The van der Waals surface area contributed by atoms with E-state index in [0.717, 1.165) is 9.88 Å². The Morgan fingerprint density at radius 2 is 2.44 bits per heavy atom. The molecule has 1 aromatic rings. The number of aliphatic hydroxyl groups is 1. The van der Waals surface area contributed by atoms with Gasteiger partial charge in [0.05, 0.1) is 16.0 Å². The largest absolute Gasteiger partial charge is 0.388 e. The molecule has 0 fully saturated rings. The van der Waals surface area contributed by atoms with Crippen molar-refractivity contribution in [3.8, 4) is 0 Å². The van der Waals surface area contributed by atoms with E-state index in [-0.39, 0.29) is 6.10 Å². The van der Waals surface area contributed by atoms with Crippen LogP contribution < -0.4 is 0 Å². The summed E-state index contributed by atoms with van der Waals surface area (Å²) in [5.74, 6) is 0. The molecule has 1 rings (SSSR count). The van der Waals surface area contributed by atoms with Gasteiger partial charge in [-0.1, -0.05) is 0 Å². The molecular weight excluding hydrogens is 134 g/mol. The Bertz CT molecular complexity index is 195. The number of hydrogen-bond acceptors (Lipinski definition) is 3. The second-order valence-electron chi connectivity index (χ2n) is 1.96. The van der Waals surface area contributed by atoms with Crippen molar-refractivity contribution in [2.75, 3.05) is 0 Å². The van der Waals surface area contributed by atoms with Gasteiger partial charge >= 0.3 is 0 Å². The molecule has 1 unspecified atom stereocenters. The summed E-state index contributed by atoms with van der Waals surface area (Å²) in [6.45, 7) is 3.67. The topological polar surface area (TPSA) is 33.1 Å². The van der Waals surface area contributed by atoms with Crippen LogP contribution >= 0.6 is 11.3 Å². The Kier molecular flexibility index (Phi) is 1.83. The highest BCUT2D eigenvalue weighted by Crippen LogP contribution is 2.18. The fourth-order valence-electron chi connectivity index (χ4n) is 0.571. The molecule has 1 heterocycles. The average Bonchev–Trinajstić information content (AvgIpc) is 2.14. The highest BCUT2D eigenvalue weighted by molar-refractivity contribution is 7.11. The second-order valence-corrected chi connectivity index (χ2v) is 3.22. The van der Waals surface area contributed by atoms with Gasteiger partial charge in [0.2, 0.25) is 0 Å². The Morgan fingerprint density at radius 1 is 1.78 bits per heavy atom. The van der Waals surface area contributed by atoms with E-state index in [1.165, 1.54) is 11.3 Å². The molecule has 0 spiro atoms. The Balaban J connectivity index is 2.85. The second kappa shape index (κ2) is 2.45. The minimum absolute atomic E-state index is 0.365. The first-order chi connectivity index (χ1) is 4.20. The van der Waals surface area contributed by atoms with E-state index in [9.17, 15) is 0 Å². The lowest BCUT2D eigenvalue weighted by Crippen LogP contribution is -1.83. The van der Waals surface area contributed by atoms with Gasteiger partial charge in [0.25, 0.3) is 0 Å². The van der Waals surface area contributed by atoms with E-state index in [4.69, 9.17) is 5.11 Å². The Morgan fingerprint density at radius 3 is 2.67 bits per heavy atom. The third kappa shape index (κ3) is 1.50. The number of aryl methyl sites for hydroxylation is 1. The van der Waals surface area contributed by atoms with Crippen LogP contribution in [0.15, 0.2) is 6.20 Å². The number of hydrogen-bond donors (Lipinski definition) is 1. The molecule has 1 atom stereocenters. The van der Waals surface area contributed by atoms with E-state index in [1.54, 1.807) is 13.1 Å². The van der Waals surface area contributed by atoms with Gasteiger partial charge in [0.1, 0.15) is 0 Å². The fourth-order valence-corrected chi connectivity index (χ4v) is 1.29. The normalized spacial score (nSPS) is 13.7. The summed E-state index contributed by atoms with van der Waals surface area (Å²) in [5, 5.41) is 10.0. The molecule has 0 aromatic carbocycles. The molecule has 50 valence electrons. The average molecular weight is 143 g/mol. The van der Waals surface area contributed by atoms with Crippen LogP contribution in [0.5, 0.6) is 0 Å². The Hall–Kier alpha value is -0.410. The van der Waals surface area contributed by atoms with Gasteiger partial charge in [-0.05, 0) is 13.8 Å². The zero-order valence-electron chi connectivity index (χ0n) is 5.46. The molecule has 0 amide bonds. The van der Waals surface area contributed by atoms with Crippen molar-refractivity contribution >= 4 is 11.3 Å². The zero-order chi connectivity index (χ0) is 6.85. The molecule has 0 bridgehead atoms. The molecule has 1 aromatic heterocycles. The molecule has 0 saturated carbocycles. The predicted molar refractivity (Wildman–Crippen MR) is 37.5 cm³/mol. The SMILES string of the molecule is Cc1ncc(C(C)O)s1. The predicted octanol–water partition coefficient (Wildman–Crippen LogP) is 1.50. The molecule has 0 saturated heterocycles. The van der Waals surface area contributed by atoms with Crippen molar-refractivity contribution in [3.05, 3.63) is 16.1 Å². The van der Waals surface area contributed by atoms with Crippen molar-refractivity contribution < 1.29 is 5.11 Å². The van der Waals surface area contributed by atoms with Crippen LogP contribution in [0.2, 0.25) is 0 Å². The van der Waals surface area contributed by atoms with Gasteiger partial charge in [0.15, 0.2) is 0 Å². The minimum Gasteiger partial charge on any atom is -0.388 e. The summed E-state index contributed by atoms with van der Waals surface area (Å²) in [7, 11) is 0. The third-order valence-electron chi connectivity index (χ3n) is 1.05. The van der Waals surface area contributed by atoms with Crippen LogP contribution in [0.4, 0.5) is 0 Å². The third-order valence-corrected chi connectivity index (χ3v) is 2.13. The molecule has 0 aliphatic carbocycles. The van der Waals surface area contributed by atoms with Crippen LogP contribution in [0.1, 0.15) is 22.9 Å². The van der Waals surface area contributed by atoms with Gasteiger partial charge in [-0.25, -0.2) is 4.98 Å². The molecule has 3 heteroatoms. The van der Waals surface area contributed by atoms with E-state index < -0.39 is 0 Å². The lowest BCUT2D eigenvalue weighted by Gasteiger charge is -1.94. The van der Waals surface area contributed by atoms with E-state index in [0.29, 0.717) is 0 Å². The number of thiazole rings is 1. The lowest BCUT2D eigenvalue weighted by molar-refractivity contribution is 0.203. The van der Waals surface area contributed by atoms with Gasteiger partial charge < -0.3 is 5.11 Å². The summed E-state index contributed by atoms with van der Waals surface area (Å²) in [6, 6.07) is 0.